The van der Waals surface area contributed by atoms with Crippen molar-refractivity contribution in [2.75, 3.05) is 39.1 Å². The van der Waals surface area contributed by atoms with Crippen molar-refractivity contribution in [1.29, 1.82) is 0 Å². The first-order valence-electron chi connectivity index (χ1n) is 10.6. The number of likely N-dealkylation sites (N-methyl/N-ethyl adjacent to an activating group) is 1. The second kappa shape index (κ2) is 8.32. The van der Waals surface area contributed by atoms with E-state index in [1.807, 2.05) is 24.3 Å². The maximum Gasteiger partial charge on any atom is 0.158 e. The second-order valence-corrected chi connectivity index (χ2v) is 9.32. The maximum atomic E-state index is 5.31. The van der Waals surface area contributed by atoms with Gasteiger partial charge in [-0.05, 0) is 50.2 Å². The highest BCUT2D eigenvalue weighted by atomic mass is 32.1. The molecular weight excluding hydrogens is 406 g/mol. The van der Waals surface area contributed by atoms with Gasteiger partial charge in [-0.25, -0.2) is 9.98 Å². The summed E-state index contributed by atoms with van der Waals surface area (Å²) in [5.41, 5.74) is 4.28. The van der Waals surface area contributed by atoms with Gasteiger partial charge in [-0.2, -0.15) is 0 Å². The van der Waals surface area contributed by atoms with Gasteiger partial charge in [-0.3, -0.25) is 4.90 Å². The fourth-order valence-corrected chi connectivity index (χ4v) is 5.07. The van der Waals surface area contributed by atoms with Crippen molar-refractivity contribution in [3.63, 3.8) is 0 Å². The summed E-state index contributed by atoms with van der Waals surface area (Å²) in [6.07, 6.45) is 0.988. The van der Waals surface area contributed by atoms with Gasteiger partial charge < -0.3 is 15.0 Å². The molecule has 0 saturated carbocycles. The molecule has 1 saturated heterocycles. The molecule has 0 aliphatic carbocycles. The highest BCUT2D eigenvalue weighted by molar-refractivity contribution is 7.16. The van der Waals surface area contributed by atoms with Crippen LogP contribution in [0.4, 0.5) is 16.4 Å². The Labute approximate surface area is 187 Å². The molecule has 0 amide bonds. The number of thiazole rings is 1. The average molecular weight is 434 g/mol. The molecule has 7 heteroatoms. The maximum absolute atomic E-state index is 5.31. The normalized spacial score (nSPS) is 18.5. The molecule has 2 aromatic carbocycles. The first-order valence-corrected chi connectivity index (χ1v) is 11.4. The van der Waals surface area contributed by atoms with E-state index in [4.69, 9.17) is 14.7 Å². The number of aromatic nitrogens is 1. The van der Waals surface area contributed by atoms with Gasteiger partial charge in [0.1, 0.15) is 16.4 Å². The van der Waals surface area contributed by atoms with E-state index in [2.05, 4.69) is 53.4 Å². The third-order valence-corrected chi connectivity index (χ3v) is 6.92. The Morgan fingerprint density at radius 1 is 1.13 bits per heavy atom. The van der Waals surface area contributed by atoms with Crippen LogP contribution in [0.15, 0.2) is 53.5 Å². The standard InChI is InChI=1S/C24H27N5OS/c1-16-25-22-23(26-20-6-4-5-7-21(20)27-24(22)31-16)29-13-12-28(2)18(15-29)14-17-8-10-19(30-3)11-9-17/h4-11,18,27H,12-15H2,1-3H3/t18-/m0/s1. The lowest BCUT2D eigenvalue weighted by molar-refractivity contribution is 0.140. The van der Waals surface area contributed by atoms with Crippen LogP contribution in [0.25, 0.3) is 0 Å². The number of fused-ring (bicyclic) bond motifs is 2. The quantitative estimate of drug-likeness (QED) is 0.661. The van der Waals surface area contributed by atoms with E-state index in [0.717, 1.165) is 64.7 Å². The van der Waals surface area contributed by atoms with Gasteiger partial charge in [0.25, 0.3) is 0 Å². The van der Waals surface area contributed by atoms with Crippen molar-refractivity contribution < 1.29 is 4.74 Å². The Balaban J connectivity index is 1.45. The minimum absolute atomic E-state index is 0.402. The monoisotopic (exact) mass is 433 g/mol. The minimum atomic E-state index is 0.402. The van der Waals surface area contributed by atoms with Gasteiger partial charge in [0.15, 0.2) is 5.84 Å². The molecule has 1 N–H and O–H groups in total. The van der Waals surface area contributed by atoms with Crippen molar-refractivity contribution in [2.45, 2.75) is 19.4 Å². The van der Waals surface area contributed by atoms with E-state index < -0.39 is 0 Å². The number of aryl methyl sites for hydroxylation is 1. The van der Waals surface area contributed by atoms with Crippen LogP contribution in [0.5, 0.6) is 5.75 Å². The zero-order valence-electron chi connectivity index (χ0n) is 18.1. The van der Waals surface area contributed by atoms with Crippen molar-refractivity contribution in [2.24, 2.45) is 4.99 Å². The minimum Gasteiger partial charge on any atom is -0.497 e. The highest BCUT2D eigenvalue weighted by Crippen LogP contribution is 2.37. The fraction of sp³-hybridized carbons (Fsp3) is 0.333. The second-order valence-electron chi connectivity index (χ2n) is 8.12. The molecule has 6 nitrogen and oxygen atoms in total. The van der Waals surface area contributed by atoms with Crippen molar-refractivity contribution >= 4 is 33.5 Å². The lowest BCUT2D eigenvalue weighted by atomic mass is 10.0. The number of piperazine rings is 1. The number of para-hydroxylation sites is 2. The highest BCUT2D eigenvalue weighted by Gasteiger charge is 2.31. The molecule has 0 unspecified atom stereocenters. The van der Waals surface area contributed by atoms with Crippen LogP contribution < -0.4 is 10.1 Å². The van der Waals surface area contributed by atoms with Gasteiger partial charge >= 0.3 is 0 Å². The van der Waals surface area contributed by atoms with Gasteiger partial charge in [0.2, 0.25) is 0 Å². The van der Waals surface area contributed by atoms with Crippen LogP contribution >= 0.6 is 11.3 Å². The van der Waals surface area contributed by atoms with Crippen LogP contribution in [0.2, 0.25) is 0 Å². The molecule has 1 atom stereocenters. The Morgan fingerprint density at radius 3 is 2.74 bits per heavy atom. The van der Waals surface area contributed by atoms with Crippen LogP contribution in [-0.2, 0) is 6.42 Å². The predicted molar refractivity (Wildman–Crippen MR) is 127 cm³/mol. The van der Waals surface area contributed by atoms with Gasteiger partial charge in [-0.15, -0.1) is 11.3 Å². The summed E-state index contributed by atoms with van der Waals surface area (Å²) in [5, 5.41) is 5.68. The fourth-order valence-electron chi connectivity index (χ4n) is 4.24. The van der Waals surface area contributed by atoms with E-state index >= 15 is 0 Å². The van der Waals surface area contributed by atoms with E-state index in [1.54, 1.807) is 18.4 Å². The zero-order valence-corrected chi connectivity index (χ0v) is 18.9. The molecule has 1 fully saturated rings. The Bertz CT molecular complexity index is 1110. The smallest absolute Gasteiger partial charge is 0.158 e. The van der Waals surface area contributed by atoms with Gasteiger partial charge in [0.05, 0.1) is 23.5 Å². The summed E-state index contributed by atoms with van der Waals surface area (Å²) in [5.74, 6) is 1.87. The van der Waals surface area contributed by atoms with E-state index in [0.29, 0.717) is 6.04 Å². The number of amidine groups is 1. The Morgan fingerprint density at radius 2 is 1.94 bits per heavy atom. The number of nitrogens with zero attached hydrogens (tertiary/aromatic N) is 4. The Kier molecular flexibility index (Phi) is 5.38. The number of methoxy groups -OCH3 is 1. The summed E-state index contributed by atoms with van der Waals surface area (Å²) in [4.78, 5) is 14.8. The van der Waals surface area contributed by atoms with Gasteiger partial charge in [0, 0.05) is 25.7 Å². The first kappa shape index (κ1) is 20.0. The Hall–Kier alpha value is -2.90. The first-order chi connectivity index (χ1) is 15.1. The van der Waals surface area contributed by atoms with Crippen LogP contribution in [0.1, 0.15) is 16.3 Å². The van der Waals surface area contributed by atoms with Crippen molar-refractivity contribution in [1.82, 2.24) is 14.8 Å². The van der Waals surface area contributed by atoms with Crippen molar-refractivity contribution in [3.05, 3.63) is 64.8 Å². The number of nitrogens with one attached hydrogen (secondary N) is 1. The van der Waals surface area contributed by atoms with Crippen LogP contribution in [-0.4, -0.2) is 60.5 Å². The molecule has 0 bridgehead atoms. The third-order valence-electron chi connectivity index (χ3n) is 6.03. The van der Waals surface area contributed by atoms with Crippen molar-refractivity contribution in [3.8, 4) is 5.75 Å². The summed E-state index contributed by atoms with van der Waals surface area (Å²) < 4.78 is 5.31. The third kappa shape index (κ3) is 4.03. The number of ether oxygens (including phenoxy) is 1. The van der Waals surface area contributed by atoms with Gasteiger partial charge in [-0.1, -0.05) is 24.3 Å². The molecular formula is C24H27N5OS. The predicted octanol–water partition coefficient (Wildman–Crippen LogP) is 4.45. The molecule has 0 radical (unpaired) electrons. The molecule has 2 aliphatic rings. The molecule has 3 heterocycles. The topological polar surface area (TPSA) is 53.0 Å². The SMILES string of the molecule is COc1ccc(C[C@H]2CN(C3=Nc4ccccc4Nc4sc(C)nc43)CCN2C)cc1. The lowest BCUT2D eigenvalue weighted by Crippen LogP contribution is -2.54. The molecule has 3 aromatic rings. The van der Waals surface area contributed by atoms with Crippen LogP contribution in [0.3, 0.4) is 0 Å². The molecule has 160 valence electrons. The summed E-state index contributed by atoms with van der Waals surface area (Å²) in [6.45, 7) is 4.90. The lowest BCUT2D eigenvalue weighted by Gasteiger charge is -2.40. The number of benzene rings is 2. The molecule has 31 heavy (non-hydrogen) atoms. The van der Waals surface area contributed by atoms with Crippen LogP contribution in [0, 0.1) is 6.92 Å². The number of hydrogen-bond donors (Lipinski definition) is 1. The molecule has 1 aromatic heterocycles. The summed E-state index contributed by atoms with van der Waals surface area (Å²) >= 11 is 1.69. The largest absolute Gasteiger partial charge is 0.497 e. The number of anilines is 2. The molecule has 5 rings (SSSR count). The van der Waals surface area contributed by atoms with E-state index in [1.165, 1.54) is 5.56 Å². The number of rotatable bonds is 3. The number of aliphatic imine (C=N–C) groups is 1. The zero-order chi connectivity index (χ0) is 21.4. The number of hydrogen-bond acceptors (Lipinski definition) is 7. The molecule has 0 spiro atoms. The summed E-state index contributed by atoms with van der Waals surface area (Å²) in [6, 6.07) is 17.0. The average Bonchev–Trinajstić information content (AvgIpc) is 3.07. The van der Waals surface area contributed by atoms with E-state index in [9.17, 15) is 0 Å². The molecule has 2 aliphatic heterocycles. The van der Waals surface area contributed by atoms with E-state index in [-0.39, 0.29) is 0 Å². The summed E-state index contributed by atoms with van der Waals surface area (Å²) in [7, 11) is 3.92.